The van der Waals surface area contributed by atoms with Crippen molar-refractivity contribution in [2.24, 2.45) is 5.73 Å². The van der Waals surface area contributed by atoms with E-state index in [0.717, 1.165) is 6.08 Å². The van der Waals surface area contributed by atoms with E-state index in [4.69, 9.17) is 21.1 Å². The van der Waals surface area contributed by atoms with Gasteiger partial charge in [0.2, 0.25) is 0 Å². The van der Waals surface area contributed by atoms with Crippen molar-refractivity contribution in [1.29, 1.82) is 0 Å². The van der Waals surface area contributed by atoms with Crippen LogP contribution >= 0.6 is 0 Å². The summed E-state index contributed by atoms with van der Waals surface area (Å²) in [6.07, 6.45) is -2.29. The summed E-state index contributed by atoms with van der Waals surface area (Å²) in [6.45, 7) is 3.16. The minimum atomic E-state index is -1.23. The maximum atomic E-state index is 8.93. The van der Waals surface area contributed by atoms with Crippen LogP contribution in [-0.2, 0) is 0 Å². The number of aliphatic hydroxyl groups is 3. The average Bonchev–Trinajstić information content (AvgIpc) is 2.00. The molecule has 0 saturated heterocycles. The zero-order valence-corrected chi connectivity index (χ0v) is 5.64. The van der Waals surface area contributed by atoms with E-state index in [0.29, 0.717) is 0 Å². The summed E-state index contributed by atoms with van der Waals surface area (Å²) >= 11 is 0. The molecule has 0 aliphatic rings. The molecule has 0 aliphatic carbocycles. The summed E-state index contributed by atoms with van der Waals surface area (Å²) in [5, 5.41) is 26.6. The molecule has 0 unspecified atom stereocenters. The summed E-state index contributed by atoms with van der Waals surface area (Å²) < 4.78 is 0. The summed E-state index contributed by atoms with van der Waals surface area (Å²) in [4.78, 5) is 0. The molecule has 0 bridgehead atoms. The fourth-order valence-corrected chi connectivity index (χ4v) is 0.506. The Morgan fingerprint density at radius 2 is 1.90 bits per heavy atom. The van der Waals surface area contributed by atoms with E-state index in [1.165, 1.54) is 0 Å². The third-order valence-corrected chi connectivity index (χ3v) is 1.23. The van der Waals surface area contributed by atoms with Gasteiger partial charge in [-0.15, -0.1) is 6.58 Å². The minimum Gasteiger partial charge on any atom is -0.389 e. The molecule has 0 radical (unpaired) electrons. The van der Waals surface area contributed by atoms with E-state index in [2.05, 4.69) is 6.58 Å². The second-order valence-electron chi connectivity index (χ2n) is 2.02. The van der Waals surface area contributed by atoms with E-state index in [1.54, 1.807) is 0 Å². The summed E-state index contributed by atoms with van der Waals surface area (Å²) in [5.41, 5.74) is 5.01. The maximum absolute atomic E-state index is 8.93. The van der Waals surface area contributed by atoms with Gasteiger partial charge in [-0.05, 0) is 0 Å². The van der Waals surface area contributed by atoms with Crippen LogP contribution < -0.4 is 5.73 Å². The first-order valence-corrected chi connectivity index (χ1v) is 3.00. The highest BCUT2D eigenvalue weighted by molar-refractivity contribution is 4.88. The van der Waals surface area contributed by atoms with Crippen LogP contribution in [0.2, 0.25) is 0 Å². The van der Waals surface area contributed by atoms with Gasteiger partial charge in [0.1, 0.15) is 12.2 Å². The molecule has 0 aliphatic heterocycles. The van der Waals surface area contributed by atoms with Gasteiger partial charge in [-0.2, -0.15) is 0 Å². The third-order valence-electron chi connectivity index (χ3n) is 1.23. The van der Waals surface area contributed by atoms with Crippen molar-refractivity contribution in [1.82, 2.24) is 0 Å². The second-order valence-corrected chi connectivity index (χ2v) is 2.02. The minimum absolute atomic E-state index is 0.0773. The van der Waals surface area contributed by atoms with Crippen LogP contribution in [0.1, 0.15) is 0 Å². The van der Waals surface area contributed by atoms with Gasteiger partial charge in [-0.3, -0.25) is 0 Å². The van der Waals surface area contributed by atoms with Crippen LogP contribution in [0.5, 0.6) is 0 Å². The maximum Gasteiger partial charge on any atom is 0.110 e. The monoisotopic (exact) mass is 147 g/mol. The van der Waals surface area contributed by atoms with Gasteiger partial charge in [0.15, 0.2) is 0 Å². The lowest BCUT2D eigenvalue weighted by Gasteiger charge is -2.18. The predicted octanol–water partition coefficient (Wildman–Crippen LogP) is -1.79. The van der Waals surface area contributed by atoms with Gasteiger partial charge < -0.3 is 21.1 Å². The van der Waals surface area contributed by atoms with Crippen LogP contribution in [-0.4, -0.2) is 40.2 Å². The van der Waals surface area contributed by atoms with Crippen molar-refractivity contribution in [3.05, 3.63) is 12.7 Å². The molecule has 0 spiro atoms. The molecule has 4 heteroatoms. The van der Waals surface area contributed by atoms with E-state index in [-0.39, 0.29) is 6.54 Å². The molecule has 3 atom stereocenters. The predicted molar refractivity (Wildman–Crippen MR) is 37.3 cm³/mol. The Kier molecular flexibility index (Phi) is 4.22. The van der Waals surface area contributed by atoms with Crippen LogP contribution in [0.25, 0.3) is 0 Å². The van der Waals surface area contributed by atoms with Gasteiger partial charge >= 0.3 is 0 Å². The summed E-state index contributed by atoms with van der Waals surface area (Å²) in [6, 6.07) is 0. The molecule has 0 amide bonds. The Bertz CT molecular complexity index is 107. The fraction of sp³-hybridized carbons (Fsp3) is 0.667. The number of rotatable bonds is 4. The molecule has 0 fully saturated rings. The second kappa shape index (κ2) is 4.40. The van der Waals surface area contributed by atoms with Crippen molar-refractivity contribution in [2.75, 3.05) is 6.54 Å². The van der Waals surface area contributed by atoms with Gasteiger partial charge in [0, 0.05) is 6.54 Å². The largest absolute Gasteiger partial charge is 0.389 e. The molecule has 0 aromatic carbocycles. The van der Waals surface area contributed by atoms with E-state index < -0.39 is 18.3 Å². The van der Waals surface area contributed by atoms with E-state index in [9.17, 15) is 0 Å². The smallest absolute Gasteiger partial charge is 0.110 e. The van der Waals surface area contributed by atoms with Crippen molar-refractivity contribution >= 4 is 0 Å². The van der Waals surface area contributed by atoms with Crippen molar-refractivity contribution < 1.29 is 15.3 Å². The fourth-order valence-electron chi connectivity index (χ4n) is 0.506. The van der Waals surface area contributed by atoms with Crippen LogP contribution in [0.4, 0.5) is 0 Å². The molecule has 0 saturated carbocycles. The lowest BCUT2D eigenvalue weighted by molar-refractivity contribution is -0.0365. The van der Waals surface area contributed by atoms with Crippen LogP contribution in [0.15, 0.2) is 12.7 Å². The summed E-state index contributed by atoms with van der Waals surface area (Å²) in [5.74, 6) is 0. The number of aliphatic hydroxyl groups excluding tert-OH is 3. The normalized spacial score (nSPS) is 19.6. The van der Waals surface area contributed by atoms with E-state index >= 15 is 0 Å². The highest BCUT2D eigenvalue weighted by Gasteiger charge is 2.20. The Morgan fingerprint density at radius 1 is 1.40 bits per heavy atom. The van der Waals surface area contributed by atoms with Crippen molar-refractivity contribution in [3.8, 4) is 0 Å². The Labute approximate surface area is 59.6 Å². The van der Waals surface area contributed by atoms with E-state index in [1.807, 2.05) is 0 Å². The van der Waals surface area contributed by atoms with Gasteiger partial charge in [0.25, 0.3) is 0 Å². The van der Waals surface area contributed by atoms with Gasteiger partial charge in [0.05, 0.1) is 6.10 Å². The molecule has 60 valence electrons. The summed E-state index contributed by atoms with van der Waals surface area (Å²) in [7, 11) is 0. The first-order valence-electron chi connectivity index (χ1n) is 3.00. The Balaban J connectivity index is 3.80. The number of nitrogens with two attached hydrogens (primary N) is 1. The molecule has 4 nitrogen and oxygen atoms in total. The highest BCUT2D eigenvalue weighted by atomic mass is 16.4. The first kappa shape index (κ1) is 9.58. The standard InChI is InChI=1S/C6H13NO3/c1-2-4(8)6(10)5(9)3-7/h2,4-6,8-10H,1,3,7H2/t4-,5-,6-/m0/s1. The Morgan fingerprint density at radius 3 is 2.20 bits per heavy atom. The zero-order chi connectivity index (χ0) is 8.15. The highest BCUT2D eigenvalue weighted by Crippen LogP contribution is 1.98. The SMILES string of the molecule is C=C[C@H](O)[C@H](O)[C@@H](O)CN. The van der Waals surface area contributed by atoms with Crippen LogP contribution in [0.3, 0.4) is 0 Å². The van der Waals surface area contributed by atoms with Crippen molar-refractivity contribution in [3.63, 3.8) is 0 Å². The number of hydrogen-bond donors (Lipinski definition) is 4. The molecule has 10 heavy (non-hydrogen) atoms. The lowest BCUT2D eigenvalue weighted by atomic mass is 10.1. The van der Waals surface area contributed by atoms with Crippen LogP contribution in [0, 0.1) is 0 Å². The quantitative estimate of drug-likeness (QED) is 0.354. The molecule has 5 N–H and O–H groups in total. The first-order chi connectivity index (χ1) is 4.63. The molecule has 0 heterocycles. The molecule has 0 rings (SSSR count). The number of hydrogen-bond acceptors (Lipinski definition) is 4. The molecule has 0 aromatic heterocycles. The molecular formula is C6H13NO3. The molecular weight excluding hydrogens is 134 g/mol. The zero-order valence-electron chi connectivity index (χ0n) is 5.64. The molecule has 0 aromatic rings. The average molecular weight is 147 g/mol. The third kappa shape index (κ3) is 2.45. The Hall–Kier alpha value is -0.420. The van der Waals surface area contributed by atoms with Gasteiger partial charge in [-0.25, -0.2) is 0 Å². The topological polar surface area (TPSA) is 86.7 Å². The van der Waals surface area contributed by atoms with Gasteiger partial charge in [-0.1, -0.05) is 6.08 Å². The lowest BCUT2D eigenvalue weighted by Crippen LogP contribution is -2.40. The van der Waals surface area contributed by atoms with Crippen molar-refractivity contribution in [2.45, 2.75) is 18.3 Å².